The molecule has 7 nitrogen and oxygen atoms in total. The molecule has 1 saturated heterocycles. The van der Waals surface area contributed by atoms with Crippen molar-refractivity contribution < 1.29 is 19.7 Å². The van der Waals surface area contributed by atoms with Crippen LogP contribution in [0.25, 0.3) is 0 Å². The van der Waals surface area contributed by atoms with Crippen LogP contribution in [0, 0.1) is 0 Å². The van der Waals surface area contributed by atoms with Gasteiger partial charge in [-0.1, -0.05) is 20.3 Å². The van der Waals surface area contributed by atoms with Gasteiger partial charge in [0, 0.05) is 31.2 Å². The molecule has 1 fully saturated rings. The van der Waals surface area contributed by atoms with Crippen molar-refractivity contribution in [3.8, 4) is 5.75 Å². The van der Waals surface area contributed by atoms with Crippen molar-refractivity contribution in [1.82, 2.24) is 10.2 Å². The average Bonchev–Trinajstić information content (AvgIpc) is 3.07. The maximum atomic E-state index is 12.1. The summed E-state index contributed by atoms with van der Waals surface area (Å²) in [7, 11) is 4.26. The number of carbonyl (C=O) groups excluding carboxylic acids is 1. The van der Waals surface area contributed by atoms with Crippen LogP contribution in [0.4, 0.5) is 10.5 Å². The van der Waals surface area contributed by atoms with Gasteiger partial charge < -0.3 is 25.2 Å². The summed E-state index contributed by atoms with van der Waals surface area (Å²) >= 11 is 0. The van der Waals surface area contributed by atoms with Crippen LogP contribution in [0.3, 0.4) is 0 Å². The van der Waals surface area contributed by atoms with E-state index in [4.69, 9.17) is 4.74 Å². The number of aliphatic hydroxyl groups excluding tert-OH is 2. The first kappa shape index (κ1) is 20.9. The minimum Gasteiger partial charge on any atom is -0.410 e. The highest BCUT2D eigenvalue weighted by Gasteiger charge is 2.52. The van der Waals surface area contributed by atoms with Crippen LogP contribution in [0.15, 0.2) is 18.2 Å². The zero-order chi connectivity index (χ0) is 20.5. The summed E-state index contributed by atoms with van der Waals surface area (Å²) in [6, 6.07) is 5.81. The molecule has 3 N–H and O–H groups in total. The van der Waals surface area contributed by atoms with Gasteiger partial charge in [0.25, 0.3) is 0 Å². The predicted molar refractivity (Wildman–Crippen MR) is 109 cm³/mol. The molecule has 156 valence electrons. The van der Waals surface area contributed by atoms with Crippen molar-refractivity contribution in [1.29, 1.82) is 0 Å². The Morgan fingerprint density at radius 1 is 1.32 bits per heavy atom. The van der Waals surface area contributed by atoms with Gasteiger partial charge in [-0.2, -0.15) is 0 Å². The molecular weight excluding hydrogens is 358 g/mol. The van der Waals surface area contributed by atoms with Gasteiger partial charge in [-0.15, -0.1) is 0 Å². The summed E-state index contributed by atoms with van der Waals surface area (Å²) in [6.45, 7) is 5.52. The van der Waals surface area contributed by atoms with Gasteiger partial charge in [0.2, 0.25) is 0 Å². The van der Waals surface area contributed by atoms with E-state index in [9.17, 15) is 15.0 Å². The van der Waals surface area contributed by atoms with Crippen LogP contribution >= 0.6 is 0 Å². The Morgan fingerprint density at radius 3 is 2.75 bits per heavy atom. The molecule has 4 atom stereocenters. The van der Waals surface area contributed by atoms with Crippen molar-refractivity contribution >= 4 is 11.8 Å². The van der Waals surface area contributed by atoms with Gasteiger partial charge in [0.05, 0.1) is 18.4 Å². The Hall–Kier alpha value is -1.83. The van der Waals surface area contributed by atoms with Gasteiger partial charge in [0.1, 0.15) is 5.75 Å². The van der Waals surface area contributed by atoms with Crippen LogP contribution in [-0.4, -0.2) is 66.8 Å². The van der Waals surface area contributed by atoms with E-state index < -0.39 is 18.3 Å². The molecule has 2 aliphatic rings. The number of amides is 1. The van der Waals surface area contributed by atoms with Gasteiger partial charge in [-0.05, 0) is 50.1 Å². The number of likely N-dealkylation sites (tertiary alicyclic amines) is 1. The van der Waals surface area contributed by atoms with Crippen LogP contribution < -0.4 is 15.0 Å². The molecule has 0 radical (unpaired) electrons. The zero-order valence-electron chi connectivity index (χ0n) is 17.3. The van der Waals surface area contributed by atoms with Crippen LogP contribution in [0.1, 0.15) is 45.1 Å². The molecular formula is C21H33N3O4. The normalized spacial score (nSPS) is 25.9. The Bertz CT molecular complexity index is 713. The topological polar surface area (TPSA) is 85.3 Å². The monoisotopic (exact) mass is 391 g/mol. The smallest absolute Gasteiger partial charge is 0.410 e. The van der Waals surface area contributed by atoms with E-state index >= 15 is 0 Å². The maximum Gasteiger partial charge on any atom is 0.412 e. The second-order valence-electron chi connectivity index (χ2n) is 8.34. The number of carbonyl (C=O) groups is 1. The molecule has 1 aromatic carbocycles. The van der Waals surface area contributed by atoms with E-state index in [0.29, 0.717) is 18.3 Å². The van der Waals surface area contributed by atoms with Gasteiger partial charge in [-0.3, -0.25) is 4.90 Å². The third-order valence-corrected chi connectivity index (χ3v) is 6.25. The molecule has 2 heterocycles. The lowest BCUT2D eigenvalue weighted by Crippen LogP contribution is -2.45. The number of rotatable bonds is 7. The Balaban J connectivity index is 1.58. The quantitative estimate of drug-likeness (QED) is 0.660. The van der Waals surface area contributed by atoms with Crippen molar-refractivity contribution in [3.05, 3.63) is 23.8 Å². The number of nitrogens with one attached hydrogen (secondary N) is 1. The molecule has 28 heavy (non-hydrogen) atoms. The van der Waals surface area contributed by atoms with E-state index in [1.807, 2.05) is 25.1 Å². The Labute approximate surface area is 167 Å². The number of ether oxygens (including phenoxy) is 1. The van der Waals surface area contributed by atoms with E-state index in [2.05, 4.69) is 36.1 Å². The lowest BCUT2D eigenvalue weighted by molar-refractivity contribution is 0.0100. The summed E-state index contributed by atoms with van der Waals surface area (Å²) in [5.74, 6) is 0.521. The zero-order valence-corrected chi connectivity index (χ0v) is 17.3. The van der Waals surface area contributed by atoms with E-state index in [1.165, 1.54) is 11.3 Å². The lowest BCUT2D eigenvalue weighted by Gasteiger charge is -2.32. The van der Waals surface area contributed by atoms with E-state index in [-0.39, 0.29) is 18.4 Å². The molecule has 3 rings (SSSR count). The van der Waals surface area contributed by atoms with Crippen molar-refractivity contribution in [2.24, 2.45) is 0 Å². The lowest BCUT2D eigenvalue weighted by atomic mass is 9.81. The molecule has 0 spiro atoms. The third kappa shape index (κ3) is 3.83. The van der Waals surface area contributed by atoms with Crippen LogP contribution in [-0.2, 0) is 5.41 Å². The predicted octanol–water partition coefficient (Wildman–Crippen LogP) is 2.06. The summed E-state index contributed by atoms with van der Waals surface area (Å²) in [4.78, 5) is 16.8. The number of anilines is 1. The first-order valence-corrected chi connectivity index (χ1v) is 10.2. The second-order valence-corrected chi connectivity index (χ2v) is 8.34. The number of hydrogen-bond acceptors (Lipinski definition) is 6. The fourth-order valence-corrected chi connectivity index (χ4v) is 4.76. The third-order valence-electron chi connectivity index (χ3n) is 6.25. The number of nitrogens with zero attached hydrogens (tertiary/aromatic N) is 2. The van der Waals surface area contributed by atoms with Crippen molar-refractivity contribution in [2.75, 3.05) is 32.1 Å². The van der Waals surface area contributed by atoms with E-state index in [0.717, 1.165) is 19.4 Å². The number of hydrogen-bond donors (Lipinski definition) is 3. The minimum absolute atomic E-state index is 0.0220. The number of likely N-dealkylation sites (N-methyl/N-ethyl adjacent to an activating group) is 2. The molecule has 2 unspecified atom stereocenters. The molecule has 2 aliphatic heterocycles. The standard InChI is InChI=1S/C21H33N3O4/c1-5-6-17(25)18(26)9-11-22-20(27)28-14-7-8-16-15(13-14)21(2)10-12-23(3)19(21)24(16)4/h7-8,13,17-19,25-26H,5-6,9-12H2,1-4H3,(H,22,27)/t17?,18?,19-,21+/m1/s1. The van der Waals surface area contributed by atoms with Gasteiger partial charge in [0.15, 0.2) is 0 Å². The molecule has 1 aromatic rings. The summed E-state index contributed by atoms with van der Waals surface area (Å²) in [6.07, 6.45) is 0.885. The van der Waals surface area contributed by atoms with Gasteiger partial charge >= 0.3 is 6.09 Å². The highest BCUT2D eigenvalue weighted by atomic mass is 16.6. The number of aliphatic hydroxyl groups is 2. The van der Waals surface area contributed by atoms with Crippen molar-refractivity contribution in [3.63, 3.8) is 0 Å². The molecule has 0 saturated carbocycles. The molecule has 0 bridgehead atoms. The Kier molecular flexibility index (Phi) is 6.17. The highest BCUT2D eigenvalue weighted by molar-refractivity contribution is 5.72. The SMILES string of the molecule is CCCC(O)C(O)CCNC(=O)Oc1ccc2c(c1)[C@]1(C)CCN(C)[C@@H]1N2C. The highest BCUT2D eigenvalue weighted by Crippen LogP contribution is 2.51. The van der Waals surface area contributed by atoms with Gasteiger partial charge in [-0.25, -0.2) is 4.79 Å². The summed E-state index contributed by atoms with van der Waals surface area (Å²) in [5, 5.41) is 22.3. The first-order chi connectivity index (χ1) is 13.3. The first-order valence-electron chi connectivity index (χ1n) is 10.2. The van der Waals surface area contributed by atoms with Crippen LogP contribution in [0.5, 0.6) is 5.75 Å². The molecule has 1 amide bonds. The molecule has 0 aliphatic carbocycles. The van der Waals surface area contributed by atoms with Crippen LogP contribution in [0.2, 0.25) is 0 Å². The average molecular weight is 392 g/mol. The largest absolute Gasteiger partial charge is 0.412 e. The number of benzene rings is 1. The second kappa shape index (κ2) is 8.27. The summed E-state index contributed by atoms with van der Waals surface area (Å²) in [5.41, 5.74) is 2.42. The van der Waals surface area contributed by atoms with Crippen molar-refractivity contribution in [2.45, 2.75) is 63.3 Å². The summed E-state index contributed by atoms with van der Waals surface area (Å²) < 4.78 is 5.46. The number of fused-ring (bicyclic) bond motifs is 3. The molecule has 0 aromatic heterocycles. The minimum atomic E-state index is -0.841. The Morgan fingerprint density at radius 2 is 2.04 bits per heavy atom. The maximum absolute atomic E-state index is 12.1. The molecule has 7 heteroatoms. The fraction of sp³-hybridized carbons (Fsp3) is 0.667. The van der Waals surface area contributed by atoms with E-state index in [1.54, 1.807) is 0 Å². The fourth-order valence-electron chi connectivity index (χ4n) is 4.76.